The fourth-order valence-corrected chi connectivity index (χ4v) is 2.70. The Morgan fingerprint density at radius 1 is 1.11 bits per heavy atom. The monoisotopic (exact) mass is 260 g/mol. The zero-order chi connectivity index (χ0) is 13.4. The molecule has 2 heterocycles. The number of nitrogens with zero attached hydrogens (tertiary/aromatic N) is 2. The van der Waals surface area contributed by atoms with Gasteiger partial charge in [-0.05, 0) is 18.6 Å². The quantitative estimate of drug-likeness (QED) is 0.797. The Hall–Kier alpha value is -1.72. The highest BCUT2D eigenvalue weighted by atomic mass is 16.3. The van der Waals surface area contributed by atoms with Gasteiger partial charge in [-0.2, -0.15) is 0 Å². The number of aliphatic hydroxyl groups is 1. The van der Waals surface area contributed by atoms with Gasteiger partial charge in [0.05, 0.1) is 17.2 Å². The van der Waals surface area contributed by atoms with Crippen LogP contribution in [0.4, 0.5) is 0 Å². The SMILES string of the molecule is O=C1c2ccccc2C(=O)N1CCN1CC[C@@H](O)C1. The number of rotatable bonds is 3. The van der Waals surface area contributed by atoms with Gasteiger partial charge in [-0.1, -0.05) is 12.1 Å². The highest BCUT2D eigenvalue weighted by Crippen LogP contribution is 2.22. The maximum absolute atomic E-state index is 12.1. The van der Waals surface area contributed by atoms with Crippen LogP contribution in [-0.4, -0.2) is 59.0 Å². The van der Waals surface area contributed by atoms with Gasteiger partial charge in [0.15, 0.2) is 0 Å². The number of β-amino-alcohol motifs (C(OH)–C–C–N with tert-alkyl or cyclic N) is 1. The highest BCUT2D eigenvalue weighted by Gasteiger charge is 2.35. The molecule has 1 N–H and O–H groups in total. The molecule has 1 atom stereocenters. The fourth-order valence-electron chi connectivity index (χ4n) is 2.70. The van der Waals surface area contributed by atoms with Crippen molar-refractivity contribution in [3.63, 3.8) is 0 Å². The van der Waals surface area contributed by atoms with E-state index < -0.39 is 0 Å². The van der Waals surface area contributed by atoms with Crippen molar-refractivity contribution in [3.8, 4) is 0 Å². The van der Waals surface area contributed by atoms with E-state index >= 15 is 0 Å². The van der Waals surface area contributed by atoms with Crippen molar-refractivity contribution in [2.75, 3.05) is 26.2 Å². The standard InChI is InChI=1S/C14H16N2O3/c17-10-5-6-15(9-10)7-8-16-13(18)11-3-1-2-4-12(11)14(16)19/h1-4,10,17H,5-9H2/t10-/m1/s1. The molecule has 5 nitrogen and oxygen atoms in total. The van der Waals surface area contributed by atoms with Crippen LogP contribution in [0.25, 0.3) is 0 Å². The minimum absolute atomic E-state index is 0.208. The van der Waals surface area contributed by atoms with Crippen LogP contribution in [0.5, 0.6) is 0 Å². The number of fused-ring (bicyclic) bond motifs is 1. The predicted molar refractivity (Wildman–Crippen MR) is 68.9 cm³/mol. The zero-order valence-electron chi connectivity index (χ0n) is 10.6. The second-order valence-corrected chi connectivity index (χ2v) is 5.05. The summed E-state index contributed by atoms with van der Waals surface area (Å²) < 4.78 is 0. The summed E-state index contributed by atoms with van der Waals surface area (Å²) >= 11 is 0. The molecule has 2 aliphatic heterocycles. The molecular formula is C14H16N2O3. The number of carbonyl (C=O) groups excluding carboxylic acids is 2. The molecule has 0 unspecified atom stereocenters. The average Bonchev–Trinajstić information content (AvgIpc) is 2.93. The molecule has 0 bridgehead atoms. The summed E-state index contributed by atoms with van der Waals surface area (Å²) in [6.07, 6.45) is 0.490. The van der Waals surface area contributed by atoms with Gasteiger partial charge in [-0.15, -0.1) is 0 Å². The number of amides is 2. The first kappa shape index (κ1) is 12.3. The molecular weight excluding hydrogens is 244 g/mol. The van der Waals surface area contributed by atoms with Gasteiger partial charge in [-0.3, -0.25) is 19.4 Å². The molecule has 100 valence electrons. The van der Waals surface area contributed by atoms with Crippen molar-refractivity contribution in [2.24, 2.45) is 0 Å². The summed E-state index contributed by atoms with van der Waals surface area (Å²) in [6, 6.07) is 6.92. The maximum atomic E-state index is 12.1. The number of aliphatic hydroxyl groups excluding tert-OH is 1. The number of hydrogen-bond acceptors (Lipinski definition) is 4. The molecule has 1 aromatic rings. The van der Waals surface area contributed by atoms with Crippen LogP contribution >= 0.6 is 0 Å². The molecule has 1 fully saturated rings. The summed E-state index contributed by atoms with van der Waals surface area (Å²) in [5, 5.41) is 9.45. The van der Waals surface area contributed by atoms with E-state index in [-0.39, 0.29) is 17.9 Å². The molecule has 19 heavy (non-hydrogen) atoms. The predicted octanol–water partition coefficient (Wildman–Crippen LogP) is 0.349. The van der Waals surface area contributed by atoms with Gasteiger partial charge < -0.3 is 5.11 Å². The first-order chi connectivity index (χ1) is 9.16. The highest BCUT2D eigenvalue weighted by molar-refractivity contribution is 6.21. The van der Waals surface area contributed by atoms with Crippen LogP contribution in [0.2, 0.25) is 0 Å². The summed E-state index contributed by atoms with van der Waals surface area (Å²) in [4.78, 5) is 27.6. The number of likely N-dealkylation sites (tertiary alicyclic amines) is 1. The van der Waals surface area contributed by atoms with E-state index in [0.29, 0.717) is 30.8 Å². The number of benzene rings is 1. The summed E-state index contributed by atoms with van der Waals surface area (Å²) in [7, 11) is 0. The lowest BCUT2D eigenvalue weighted by atomic mass is 10.1. The molecule has 0 spiro atoms. The summed E-state index contributed by atoms with van der Waals surface area (Å²) in [6.45, 7) is 2.47. The Morgan fingerprint density at radius 3 is 2.26 bits per heavy atom. The first-order valence-corrected chi connectivity index (χ1v) is 6.52. The van der Waals surface area contributed by atoms with E-state index in [2.05, 4.69) is 4.90 Å². The normalized spacial score (nSPS) is 23.2. The number of carbonyl (C=O) groups is 2. The largest absolute Gasteiger partial charge is 0.392 e. The van der Waals surface area contributed by atoms with E-state index in [1.165, 1.54) is 4.90 Å². The van der Waals surface area contributed by atoms with Crippen LogP contribution in [0.15, 0.2) is 24.3 Å². The third-order valence-electron chi connectivity index (χ3n) is 3.77. The Morgan fingerprint density at radius 2 is 1.74 bits per heavy atom. The van der Waals surface area contributed by atoms with E-state index in [1.54, 1.807) is 24.3 Å². The molecule has 0 saturated carbocycles. The Bertz CT molecular complexity index is 494. The van der Waals surface area contributed by atoms with Gasteiger partial charge in [0, 0.05) is 26.2 Å². The fraction of sp³-hybridized carbons (Fsp3) is 0.429. The topological polar surface area (TPSA) is 60.9 Å². The third kappa shape index (κ3) is 2.15. The van der Waals surface area contributed by atoms with Crippen molar-refractivity contribution in [1.29, 1.82) is 0 Å². The molecule has 0 aromatic heterocycles. The van der Waals surface area contributed by atoms with Crippen molar-refractivity contribution in [2.45, 2.75) is 12.5 Å². The molecule has 5 heteroatoms. The van der Waals surface area contributed by atoms with Gasteiger partial charge in [-0.25, -0.2) is 0 Å². The minimum atomic E-state index is -0.276. The summed E-state index contributed by atoms with van der Waals surface area (Å²) in [5.41, 5.74) is 0.989. The second-order valence-electron chi connectivity index (χ2n) is 5.05. The number of hydrogen-bond donors (Lipinski definition) is 1. The lowest BCUT2D eigenvalue weighted by Gasteiger charge is -2.19. The first-order valence-electron chi connectivity index (χ1n) is 6.52. The average molecular weight is 260 g/mol. The van der Waals surface area contributed by atoms with Crippen LogP contribution in [0, 0.1) is 0 Å². The second kappa shape index (κ2) is 4.75. The Balaban J connectivity index is 1.67. The molecule has 2 amide bonds. The summed E-state index contributed by atoms with van der Waals surface area (Å²) in [5.74, 6) is -0.416. The van der Waals surface area contributed by atoms with Gasteiger partial charge in [0.25, 0.3) is 11.8 Å². The molecule has 1 saturated heterocycles. The molecule has 0 aliphatic carbocycles. The maximum Gasteiger partial charge on any atom is 0.261 e. The van der Waals surface area contributed by atoms with E-state index in [0.717, 1.165) is 13.0 Å². The van der Waals surface area contributed by atoms with Crippen LogP contribution in [0.1, 0.15) is 27.1 Å². The van der Waals surface area contributed by atoms with Gasteiger partial charge in [0.1, 0.15) is 0 Å². The van der Waals surface area contributed by atoms with Crippen molar-refractivity contribution in [3.05, 3.63) is 35.4 Å². The molecule has 1 aromatic carbocycles. The third-order valence-corrected chi connectivity index (χ3v) is 3.77. The van der Waals surface area contributed by atoms with Crippen molar-refractivity contribution < 1.29 is 14.7 Å². The van der Waals surface area contributed by atoms with E-state index in [9.17, 15) is 14.7 Å². The lowest BCUT2D eigenvalue weighted by Crippen LogP contribution is -2.37. The number of imide groups is 1. The molecule has 2 aliphatic rings. The molecule has 3 rings (SSSR count). The van der Waals surface area contributed by atoms with E-state index in [1.807, 2.05) is 0 Å². The lowest BCUT2D eigenvalue weighted by molar-refractivity contribution is 0.0638. The molecule has 0 radical (unpaired) electrons. The van der Waals surface area contributed by atoms with Crippen molar-refractivity contribution >= 4 is 11.8 Å². The Kier molecular flexibility index (Phi) is 3.08. The van der Waals surface area contributed by atoms with Gasteiger partial charge in [0.2, 0.25) is 0 Å². The zero-order valence-corrected chi connectivity index (χ0v) is 10.6. The van der Waals surface area contributed by atoms with Crippen molar-refractivity contribution in [1.82, 2.24) is 9.80 Å². The van der Waals surface area contributed by atoms with Crippen LogP contribution in [-0.2, 0) is 0 Å². The smallest absolute Gasteiger partial charge is 0.261 e. The Labute approximate surface area is 111 Å². The van der Waals surface area contributed by atoms with Crippen LogP contribution < -0.4 is 0 Å². The van der Waals surface area contributed by atoms with Gasteiger partial charge >= 0.3 is 0 Å². The minimum Gasteiger partial charge on any atom is -0.392 e. The van der Waals surface area contributed by atoms with E-state index in [4.69, 9.17) is 0 Å². The van der Waals surface area contributed by atoms with Crippen LogP contribution in [0.3, 0.4) is 0 Å².